The molecule has 1 N–H and O–H groups in total. The lowest BCUT2D eigenvalue weighted by atomic mass is 10.2. The minimum Gasteiger partial charge on any atom is -0.466 e. The quantitative estimate of drug-likeness (QED) is 0.737. The fourth-order valence-electron chi connectivity index (χ4n) is 1.48. The molecule has 1 heterocycles. The van der Waals surface area contributed by atoms with Gasteiger partial charge in [-0.05, 0) is 6.92 Å². The Morgan fingerprint density at radius 2 is 2.38 bits per heavy atom. The number of hydrogen-bond donors (Lipinski definition) is 1. The second-order valence-corrected chi connectivity index (χ2v) is 6.44. The van der Waals surface area contributed by atoms with Crippen LogP contribution in [0.5, 0.6) is 0 Å². The monoisotopic (exact) mass is 263 g/mol. The van der Waals surface area contributed by atoms with Crippen molar-refractivity contribution < 1.29 is 9.53 Å². The summed E-state index contributed by atoms with van der Waals surface area (Å²) in [6.45, 7) is 5.95. The highest BCUT2D eigenvalue weighted by molar-refractivity contribution is 8.06. The van der Waals surface area contributed by atoms with Crippen LogP contribution in [0.1, 0.15) is 13.8 Å². The SMILES string of the molecule is CCOC(=O)C(C)CNCC1CSCCS1. The maximum absolute atomic E-state index is 11.4. The number of rotatable bonds is 6. The highest BCUT2D eigenvalue weighted by Crippen LogP contribution is 2.23. The van der Waals surface area contributed by atoms with Crippen LogP contribution in [-0.4, -0.2) is 48.2 Å². The van der Waals surface area contributed by atoms with Crippen LogP contribution in [0, 0.1) is 5.92 Å². The van der Waals surface area contributed by atoms with Crippen LogP contribution in [0.4, 0.5) is 0 Å². The molecule has 1 aliphatic heterocycles. The van der Waals surface area contributed by atoms with Gasteiger partial charge < -0.3 is 10.1 Å². The third kappa shape index (κ3) is 5.46. The van der Waals surface area contributed by atoms with Gasteiger partial charge in [-0.15, -0.1) is 0 Å². The lowest BCUT2D eigenvalue weighted by molar-refractivity contribution is -0.147. The van der Waals surface area contributed by atoms with E-state index in [1.165, 1.54) is 17.3 Å². The lowest BCUT2D eigenvalue weighted by Gasteiger charge is -2.21. The summed E-state index contributed by atoms with van der Waals surface area (Å²) in [7, 11) is 0. The van der Waals surface area contributed by atoms with E-state index < -0.39 is 0 Å². The second kappa shape index (κ2) is 8.25. The summed E-state index contributed by atoms with van der Waals surface area (Å²) in [4.78, 5) is 11.4. The first kappa shape index (κ1) is 14.2. The van der Waals surface area contributed by atoms with Crippen molar-refractivity contribution in [3.8, 4) is 0 Å². The zero-order valence-electron chi connectivity index (χ0n) is 10.0. The van der Waals surface area contributed by atoms with Crippen LogP contribution >= 0.6 is 23.5 Å². The number of carbonyl (C=O) groups is 1. The molecule has 0 aromatic heterocycles. The van der Waals surface area contributed by atoms with E-state index in [1.54, 1.807) is 0 Å². The Balaban J connectivity index is 2.07. The molecular weight excluding hydrogens is 242 g/mol. The predicted molar refractivity (Wildman–Crippen MR) is 72.2 cm³/mol. The largest absolute Gasteiger partial charge is 0.466 e. The third-order valence-corrected chi connectivity index (χ3v) is 5.24. The molecule has 0 saturated carbocycles. The molecule has 2 atom stereocenters. The first-order chi connectivity index (χ1) is 7.74. The van der Waals surface area contributed by atoms with Crippen molar-refractivity contribution >= 4 is 29.5 Å². The molecule has 1 rings (SSSR count). The molecule has 0 bridgehead atoms. The summed E-state index contributed by atoms with van der Waals surface area (Å²) >= 11 is 4.06. The van der Waals surface area contributed by atoms with E-state index in [4.69, 9.17) is 4.74 Å². The van der Waals surface area contributed by atoms with E-state index in [0.29, 0.717) is 11.9 Å². The Morgan fingerprint density at radius 3 is 3.00 bits per heavy atom. The molecular formula is C11H21NO2S2. The standard InChI is InChI=1S/C11H21NO2S2/c1-3-14-11(13)9(2)6-12-7-10-8-15-4-5-16-10/h9-10,12H,3-8H2,1-2H3. The molecule has 1 fully saturated rings. The van der Waals surface area contributed by atoms with Gasteiger partial charge in [-0.1, -0.05) is 6.92 Å². The van der Waals surface area contributed by atoms with Gasteiger partial charge in [-0.25, -0.2) is 0 Å². The summed E-state index contributed by atoms with van der Waals surface area (Å²) in [6, 6.07) is 0. The summed E-state index contributed by atoms with van der Waals surface area (Å²) in [5.41, 5.74) is 0. The van der Waals surface area contributed by atoms with Gasteiger partial charge >= 0.3 is 5.97 Å². The minimum atomic E-state index is -0.0966. The van der Waals surface area contributed by atoms with Crippen LogP contribution in [0.25, 0.3) is 0 Å². The average molecular weight is 263 g/mol. The maximum Gasteiger partial charge on any atom is 0.309 e. The van der Waals surface area contributed by atoms with Crippen molar-refractivity contribution in [3.63, 3.8) is 0 Å². The molecule has 0 aromatic carbocycles. The highest BCUT2D eigenvalue weighted by atomic mass is 32.2. The molecule has 5 heteroatoms. The smallest absolute Gasteiger partial charge is 0.309 e. The molecule has 0 aliphatic carbocycles. The molecule has 94 valence electrons. The number of carbonyl (C=O) groups excluding carboxylic acids is 1. The summed E-state index contributed by atoms with van der Waals surface area (Å²) in [5.74, 6) is 3.62. The summed E-state index contributed by atoms with van der Waals surface area (Å²) in [5, 5.41) is 4.06. The van der Waals surface area contributed by atoms with Crippen molar-refractivity contribution in [2.24, 2.45) is 5.92 Å². The predicted octanol–water partition coefficient (Wildman–Crippen LogP) is 1.62. The Morgan fingerprint density at radius 1 is 1.56 bits per heavy atom. The van der Waals surface area contributed by atoms with Crippen LogP contribution in [-0.2, 0) is 9.53 Å². The van der Waals surface area contributed by atoms with Crippen molar-refractivity contribution in [1.29, 1.82) is 0 Å². The Kier molecular flexibility index (Phi) is 7.32. The van der Waals surface area contributed by atoms with Gasteiger partial charge in [0.15, 0.2) is 0 Å². The minimum absolute atomic E-state index is 0.0406. The van der Waals surface area contributed by atoms with Crippen molar-refractivity contribution in [2.75, 3.05) is 37.0 Å². The van der Waals surface area contributed by atoms with Crippen LogP contribution in [0.3, 0.4) is 0 Å². The molecule has 0 aromatic rings. The van der Waals surface area contributed by atoms with E-state index in [9.17, 15) is 4.79 Å². The third-order valence-electron chi connectivity index (χ3n) is 2.40. The molecule has 0 radical (unpaired) electrons. The zero-order valence-corrected chi connectivity index (χ0v) is 11.7. The number of esters is 1. The van der Waals surface area contributed by atoms with Crippen molar-refractivity contribution in [3.05, 3.63) is 0 Å². The Labute approximate surface area is 106 Å². The van der Waals surface area contributed by atoms with Crippen molar-refractivity contribution in [2.45, 2.75) is 19.1 Å². The molecule has 16 heavy (non-hydrogen) atoms. The van der Waals surface area contributed by atoms with Gasteiger partial charge in [0.25, 0.3) is 0 Å². The van der Waals surface area contributed by atoms with Gasteiger partial charge in [-0.3, -0.25) is 4.79 Å². The molecule has 2 unspecified atom stereocenters. The lowest BCUT2D eigenvalue weighted by Crippen LogP contribution is -2.34. The van der Waals surface area contributed by atoms with Gasteiger partial charge in [0.2, 0.25) is 0 Å². The van der Waals surface area contributed by atoms with Gasteiger partial charge in [-0.2, -0.15) is 23.5 Å². The van der Waals surface area contributed by atoms with Crippen LogP contribution in [0.2, 0.25) is 0 Å². The molecule has 3 nitrogen and oxygen atoms in total. The van der Waals surface area contributed by atoms with E-state index in [1.807, 2.05) is 37.4 Å². The fourth-order valence-corrected chi connectivity index (χ4v) is 4.13. The van der Waals surface area contributed by atoms with Gasteiger partial charge in [0.05, 0.1) is 12.5 Å². The molecule has 1 saturated heterocycles. The van der Waals surface area contributed by atoms with E-state index in [2.05, 4.69) is 5.32 Å². The first-order valence-corrected chi connectivity index (χ1v) is 8.01. The number of thioether (sulfide) groups is 2. The molecule has 0 spiro atoms. The summed E-state index contributed by atoms with van der Waals surface area (Å²) < 4.78 is 4.96. The normalized spacial score (nSPS) is 22.8. The molecule has 0 amide bonds. The fraction of sp³-hybridized carbons (Fsp3) is 0.909. The molecule has 1 aliphatic rings. The average Bonchev–Trinajstić information content (AvgIpc) is 2.30. The summed E-state index contributed by atoms with van der Waals surface area (Å²) in [6.07, 6.45) is 0. The van der Waals surface area contributed by atoms with Crippen LogP contribution < -0.4 is 5.32 Å². The first-order valence-electron chi connectivity index (χ1n) is 5.80. The van der Waals surface area contributed by atoms with E-state index >= 15 is 0 Å². The number of ether oxygens (including phenoxy) is 1. The topological polar surface area (TPSA) is 38.3 Å². The Hall–Kier alpha value is 0.130. The van der Waals surface area contributed by atoms with E-state index in [0.717, 1.165) is 13.1 Å². The van der Waals surface area contributed by atoms with Crippen LogP contribution in [0.15, 0.2) is 0 Å². The Bertz CT molecular complexity index is 208. The van der Waals surface area contributed by atoms with Gasteiger partial charge in [0.1, 0.15) is 0 Å². The highest BCUT2D eigenvalue weighted by Gasteiger charge is 2.16. The number of hydrogen-bond acceptors (Lipinski definition) is 5. The van der Waals surface area contributed by atoms with E-state index in [-0.39, 0.29) is 11.9 Å². The van der Waals surface area contributed by atoms with Gasteiger partial charge in [0, 0.05) is 35.6 Å². The second-order valence-electron chi connectivity index (χ2n) is 3.88. The zero-order chi connectivity index (χ0) is 11.8. The maximum atomic E-state index is 11.4. The number of nitrogens with one attached hydrogen (secondary N) is 1. The van der Waals surface area contributed by atoms with Crippen molar-refractivity contribution in [1.82, 2.24) is 5.32 Å².